The van der Waals surface area contributed by atoms with Gasteiger partial charge in [0.15, 0.2) is 5.78 Å². The van der Waals surface area contributed by atoms with Crippen LogP contribution in [-0.2, 0) is 4.79 Å². The number of ketones is 1. The largest absolute Gasteiger partial charge is 0.396 e. The third-order valence-electron chi connectivity index (χ3n) is 9.03. The van der Waals surface area contributed by atoms with Crippen LogP contribution in [-0.4, -0.2) is 28.2 Å². The van der Waals surface area contributed by atoms with Gasteiger partial charge in [-0.3, -0.25) is 4.79 Å². The van der Waals surface area contributed by atoms with E-state index in [0.29, 0.717) is 36.4 Å². The Hall–Kier alpha value is -0.670. The van der Waals surface area contributed by atoms with Crippen LogP contribution in [0, 0.1) is 28.6 Å². The monoisotopic (exact) mass is 346 g/mol. The van der Waals surface area contributed by atoms with Crippen molar-refractivity contribution in [3.63, 3.8) is 0 Å². The van der Waals surface area contributed by atoms with Gasteiger partial charge in [-0.25, -0.2) is 0 Å². The highest BCUT2D eigenvalue weighted by Gasteiger charge is 2.63. The van der Waals surface area contributed by atoms with Gasteiger partial charge < -0.3 is 10.2 Å². The summed E-state index contributed by atoms with van der Waals surface area (Å²) in [6.45, 7) is 4.92. The molecule has 140 valence electrons. The van der Waals surface area contributed by atoms with E-state index in [4.69, 9.17) is 0 Å². The van der Waals surface area contributed by atoms with Crippen molar-refractivity contribution in [1.82, 2.24) is 0 Å². The maximum atomic E-state index is 11.9. The molecule has 3 saturated carbocycles. The first-order valence-corrected chi connectivity index (χ1v) is 10.4. The number of rotatable bonds is 3. The average molecular weight is 347 g/mol. The Morgan fingerprint density at radius 1 is 1.08 bits per heavy atom. The van der Waals surface area contributed by atoms with Crippen LogP contribution in [0.15, 0.2) is 11.6 Å². The molecule has 0 radical (unpaired) electrons. The fourth-order valence-corrected chi connectivity index (χ4v) is 7.45. The number of aliphatic hydroxyl groups is 2. The normalized spacial score (nSPS) is 49.2. The van der Waals surface area contributed by atoms with Crippen molar-refractivity contribution in [1.29, 1.82) is 0 Å². The molecule has 3 fully saturated rings. The number of carbonyl (C=O) groups excluding carboxylic acids is 1. The lowest BCUT2D eigenvalue weighted by Gasteiger charge is -2.59. The van der Waals surface area contributed by atoms with E-state index in [-0.39, 0.29) is 17.4 Å². The molecule has 3 unspecified atom stereocenters. The van der Waals surface area contributed by atoms with Gasteiger partial charge in [0.25, 0.3) is 0 Å². The van der Waals surface area contributed by atoms with E-state index < -0.39 is 5.60 Å². The van der Waals surface area contributed by atoms with Crippen molar-refractivity contribution < 1.29 is 15.0 Å². The minimum absolute atomic E-state index is 0.00536. The molecule has 0 aliphatic heterocycles. The summed E-state index contributed by atoms with van der Waals surface area (Å²) in [4.78, 5) is 11.9. The van der Waals surface area contributed by atoms with E-state index in [1.807, 2.05) is 6.08 Å². The number of fused-ring (bicyclic) bond motifs is 5. The van der Waals surface area contributed by atoms with Crippen LogP contribution in [0.2, 0.25) is 0 Å². The molecule has 6 atom stereocenters. The number of allylic oxidation sites excluding steroid dienone is 1. The zero-order valence-electron chi connectivity index (χ0n) is 15.9. The maximum Gasteiger partial charge on any atom is 0.155 e. The molecule has 25 heavy (non-hydrogen) atoms. The molecule has 0 aromatic rings. The smallest absolute Gasteiger partial charge is 0.155 e. The molecule has 0 spiro atoms. The summed E-state index contributed by atoms with van der Waals surface area (Å²) >= 11 is 0. The van der Waals surface area contributed by atoms with Gasteiger partial charge in [-0.2, -0.15) is 0 Å². The van der Waals surface area contributed by atoms with Crippen LogP contribution in [0.5, 0.6) is 0 Å². The minimum Gasteiger partial charge on any atom is -0.396 e. The standard InChI is InChI=1S/C22H34O3/c1-20-10-6-16(24)14-15(20)4-5-17-18(20)7-11-21(2)19(17)8-12-22(21,25)9-3-13-23/h14,17-19,23,25H,3-13H2,1-2H3/t17?,18?,19?,20-,21-,22-/m0/s1. The third kappa shape index (κ3) is 2.41. The highest BCUT2D eigenvalue weighted by Crippen LogP contribution is 2.68. The van der Waals surface area contributed by atoms with E-state index in [0.717, 1.165) is 38.5 Å². The predicted molar refractivity (Wildman–Crippen MR) is 98.0 cm³/mol. The fraction of sp³-hybridized carbons (Fsp3) is 0.864. The lowest BCUT2D eigenvalue weighted by Crippen LogP contribution is -2.54. The molecular formula is C22H34O3. The first-order valence-electron chi connectivity index (χ1n) is 10.4. The van der Waals surface area contributed by atoms with Gasteiger partial charge in [0.2, 0.25) is 0 Å². The van der Waals surface area contributed by atoms with Crippen LogP contribution in [0.3, 0.4) is 0 Å². The van der Waals surface area contributed by atoms with Crippen molar-refractivity contribution in [2.75, 3.05) is 6.61 Å². The van der Waals surface area contributed by atoms with Gasteiger partial charge in [-0.15, -0.1) is 0 Å². The van der Waals surface area contributed by atoms with Crippen molar-refractivity contribution >= 4 is 5.78 Å². The van der Waals surface area contributed by atoms with Gasteiger partial charge >= 0.3 is 0 Å². The summed E-state index contributed by atoms with van der Waals surface area (Å²) in [6, 6.07) is 0. The van der Waals surface area contributed by atoms with Gasteiger partial charge in [-0.1, -0.05) is 19.4 Å². The molecule has 2 N–H and O–H groups in total. The lowest BCUT2D eigenvalue weighted by molar-refractivity contribution is -0.133. The van der Waals surface area contributed by atoms with Crippen LogP contribution in [0.4, 0.5) is 0 Å². The van der Waals surface area contributed by atoms with Crippen LogP contribution in [0.25, 0.3) is 0 Å². The number of carbonyl (C=O) groups is 1. The fourth-order valence-electron chi connectivity index (χ4n) is 7.45. The molecule has 0 saturated heterocycles. The summed E-state index contributed by atoms with van der Waals surface area (Å²) in [5.41, 5.74) is 1.04. The molecule has 0 aromatic carbocycles. The van der Waals surface area contributed by atoms with Gasteiger partial charge in [0.05, 0.1) is 5.60 Å². The van der Waals surface area contributed by atoms with Gasteiger partial charge in [-0.05, 0) is 92.4 Å². The summed E-state index contributed by atoms with van der Waals surface area (Å²) in [5.74, 6) is 2.30. The molecule has 4 aliphatic rings. The molecule has 0 aromatic heterocycles. The first kappa shape index (κ1) is 17.7. The maximum absolute atomic E-state index is 11.9. The van der Waals surface area contributed by atoms with Crippen molar-refractivity contribution in [3.8, 4) is 0 Å². The molecular weight excluding hydrogens is 312 g/mol. The molecule has 0 bridgehead atoms. The quantitative estimate of drug-likeness (QED) is 0.811. The average Bonchev–Trinajstić information content (AvgIpc) is 2.85. The van der Waals surface area contributed by atoms with E-state index in [1.165, 1.54) is 18.4 Å². The van der Waals surface area contributed by atoms with Crippen LogP contribution < -0.4 is 0 Å². The topological polar surface area (TPSA) is 57.5 Å². The Labute approximate surface area is 151 Å². The Morgan fingerprint density at radius 2 is 1.84 bits per heavy atom. The molecule has 3 nitrogen and oxygen atoms in total. The van der Waals surface area contributed by atoms with Crippen LogP contribution in [0.1, 0.15) is 78.1 Å². The second-order valence-corrected chi connectivity index (χ2v) is 9.82. The third-order valence-corrected chi connectivity index (χ3v) is 9.03. The second-order valence-electron chi connectivity index (χ2n) is 9.82. The molecule has 4 aliphatic carbocycles. The minimum atomic E-state index is -0.592. The predicted octanol–water partition coefficient (Wildman–Crippen LogP) is 4.02. The highest BCUT2D eigenvalue weighted by molar-refractivity contribution is 5.91. The number of hydrogen-bond acceptors (Lipinski definition) is 3. The Morgan fingerprint density at radius 3 is 2.60 bits per heavy atom. The first-order chi connectivity index (χ1) is 11.8. The van der Waals surface area contributed by atoms with Gasteiger partial charge in [0, 0.05) is 13.0 Å². The van der Waals surface area contributed by atoms with Crippen molar-refractivity contribution in [2.24, 2.45) is 28.6 Å². The lowest BCUT2D eigenvalue weighted by atomic mass is 9.46. The Kier molecular flexibility index (Phi) is 4.20. The zero-order valence-corrected chi connectivity index (χ0v) is 15.9. The second kappa shape index (κ2) is 5.92. The van der Waals surface area contributed by atoms with E-state index in [1.54, 1.807) is 0 Å². The van der Waals surface area contributed by atoms with E-state index >= 15 is 0 Å². The van der Waals surface area contributed by atoms with E-state index in [9.17, 15) is 15.0 Å². The molecule has 0 amide bonds. The number of hydrogen-bond donors (Lipinski definition) is 2. The SMILES string of the molecule is C[C@]12CCC(=O)C=C1CCC1C2CC[C@@]2(C)C1CC[C@@]2(O)CCCO. The molecule has 3 heteroatoms. The summed E-state index contributed by atoms with van der Waals surface area (Å²) in [6.07, 6.45) is 11.7. The number of aliphatic hydroxyl groups excluding tert-OH is 1. The summed E-state index contributed by atoms with van der Waals surface area (Å²) in [7, 11) is 0. The molecule has 0 heterocycles. The van der Waals surface area contributed by atoms with Gasteiger partial charge in [0.1, 0.15) is 0 Å². The summed E-state index contributed by atoms with van der Waals surface area (Å²) < 4.78 is 0. The Bertz CT molecular complexity index is 596. The van der Waals surface area contributed by atoms with E-state index in [2.05, 4.69) is 13.8 Å². The Balaban J connectivity index is 1.62. The molecule has 4 rings (SSSR count). The highest BCUT2D eigenvalue weighted by atomic mass is 16.3. The van der Waals surface area contributed by atoms with Crippen molar-refractivity contribution in [3.05, 3.63) is 11.6 Å². The van der Waals surface area contributed by atoms with Crippen LogP contribution >= 0.6 is 0 Å². The summed E-state index contributed by atoms with van der Waals surface area (Å²) in [5, 5.41) is 20.7. The van der Waals surface area contributed by atoms with Crippen molar-refractivity contribution in [2.45, 2.75) is 83.7 Å². The zero-order chi connectivity index (χ0) is 17.9.